The van der Waals surface area contributed by atoms with Gasteiger partial charge in [-0.1, -0.05) is 24.6 Å². The second-order valence-electron chi connectivity index (χ2n) is 6.15. The van der Waals surface area contributed by atoms with E-state index in [2.05, 4.69) is 10.3 Å². The van der Waals surface area contributed by atoms with Crippen molar-refractivity contribution in [2.75, 3.05) is 26.2 Å². The van der Waals surface area contributed by atoms with Crippen LogP contribution in [0.25, 0.3) is 0 Å². The number of nitrogens with zero attached hydrogens (tertiary/aromatic N) is 2. The van der Waals surface area contributed by atoms with Crippen molar-refractivity contribution in [3.8, 4) is 0 Å². The highest BCUT2D eigenvalue weighted by atomic mass is 16.2. The van der Waals surface area contributed by atoms with Crippen molar-refractivity contribution in [1.29, 1.82) is 0 Å². The van der Waals surface area contributed by atoms with E-state index in [4.69, 9.17) is 5.73 Å². The second-order valence-corrected chi connectivity index (χ2v) is 6.15. The van der Waals surface area contributed by atoms with Crippen molar-refractivity contribution in [2.24, 2.45) is 16.6 Å². The van der Waals surface area contributed by atoms with Crippen LogP contribution in [0.4, 0.5) is 0 Å². The number of benzene rings is 1. The van der Waals surface area contributed by atoms with E-state index in [0.29, 0.717) is 19.0 Å². The van der Waals surface area contributed by atoms with Gasteiger partial charge in [-0.25, -0.2) is 0 Å². The van der Waals surface area contributed by atoms with Gasteiger partial charge in [0, 0.05) is 31.7 Å². The number of aliphatic imine (C=N–C) groups is 1. The van der Waals surface area contributed by atoms with Crippen molar-refractivity contribution < 1.29 is 4.79 Å². The third-order valence-corrected chi connectivity index (χ3v) is 4.62. The number of carbonyl (C=O) groups is 1. The Labute approximate surface area is 131 Å². The number of nitrogens with one attached hydrogen (secondary N) is 1. The molecule has 1 aromatic rings. The zero-order valence-electron chi connectivity index (χ0n) is 12.9. The summed E-state index contributed by atoms with van der Waals surface area (Å²) in [6.45, 7) is 2.91. The summed E-state index contributed by atoms with van der Waals surface area (Å²) < 4.78 is 0. The standard InChI is InChI=1S/C17H24N4O/c18-17(20-12-13-4-3-5-13)19-9-11-21-10-8-14-6-1-2-7-15(14)16(21)22/h1-2,6-7,13H,3-5,8-12H2,(H3,18,19,20). The van der Waals surface area contributed by atoms with Crippen LogP contribution in [-0.2, 0) is 6.42 Å². The summed E-state index contributed by atoms with van der Waals surface area (Å²) in [6, 6.07) is 7.85. The van der Waals surface area contributed by atoms with Gasteiger partial charge in [-0.15, -0.1) is 0 Å². The molecule has 2 aliphatic rings. The van der Waals surface area contributed by atoms with Crippen molar-refractivity contribution in [3.63, 3.8) is 0 Å². The average Bonchev–Trinajstić information content (AvgIpc) is 2.48. The first-order chi connectivity index (χ1) is 10.7. The Hall–Kier alpha value is -2.04. The van der Waals surface area contributed by atoms with E-state index in [1.807, 2.05) is 29.2 Å². The van der Waals surface area contributed by atoms with Crippen LogP contribution < -0.4 is 11.1 Å². The maximum Gasteiger partial charge on any atom is 0.254 e. The minimum absolute atomic E-state index is 0.119. The van der Waals surface area contributed by atoms with Crippen molar-refractivity contribution in [3.05, 3.63) is 35.4 Å². The Balaban J connectivity index is 1.45. The number of fused-ring (bicyclic) bond motifs is 1. The van der Waals surface area contributed by atoms with Crippen LogP contribution in [-0.4, -0.2) is 42.9 Å². The van der Waals surface area contributed by atoms with Gasteiger partial charge < -0.3 is 16.0 Å². The third-order valence-electron chi connectivity index (χ3n) is 4.62. The van der Waals surface area contributed by atoms with Gasteiger partial charge in [0.2, 0.25) is 0 Å². The first-order valence-corrected chi connectivity index (χ1v) is 8.15. The monoisotopic (exact) mass is 300 g/mol. The Morgan fingerprint density at radius 3 is 2.95 bits per heavy atom. The van der Waals surface area contributed by atoms with E-state index in [-0.39, 0.29) is 5.91 Å². The lowest BCUT2D eigenvalue weighted by Gasteiger charge is -2.28. The molecule has 22 heavy (non-hydrogen) atoms. The predicted molar refractivity (Wildman–Crippen MR) is 87.9 cm³/mol. The summed E-state index contributed by atoms with van der Waals surface area (Å²) in [5, 5.41) is 3.11. The normalized spacial score (nSPS) is 18.8. The van der Waals surface area contributed by atoms with E-state index in [1.54, 1.807) is 0 Å². The van der Waals surface area contributed by atoms with Gasteiger partial charge in [0.25, 0.3) is 5.91 Å². The van der Waals surface area contributed by atoms with E-state index >= 15 is 0 Å². The van der Waals surface area contributed by atoms with Crippen molar-refractivity contribution in [1.82, 2.24) is 10.2 Å². The Morgan fingerprint density at radius 1 is 1.36 bits per heavy atom. The van der Waals surface area contributed by atoms with Crippen LogP contribution in [0.3, 0.4) is 0 Å². The van der Waals surface area contributed by atoms with Crippen LogP contribution >= 0.6 is 0 Å². The lowest BCUT2D eigenvalue weighted by atomic mass is 9.86. The lowest BCUT2D eigenvalue weighted by molar-refractivity contribution is 0.0743. The van der Waals surface area contributed by atoms with Gasteiger partial charge in [-0.3, -0.25) is 9.79 Å². The number of carbonyl (C=O) groups excluding carboxylic acids is 1. The largest absolute Gasteiger partial charge is 0.370 e. The Kier molecular flexibility index (Phi) is 4.61. The summed E-state index contributed by atoms with van der Waals surface area (Å²) in [6.07, 6.45) is 4.80. The topological polar surface area (TPSA) is 70.7 Å². The molecule has 1 aromatic carbocycles. The molecule has 1 heterocycles. The highest BCUT2D eigenvalue weighted by molar-refractivity contribution is 5.96. The predicted octanol–water partition coefficient (Wildman–Crippen LogP) is 1.39. The molecule has 0 spiro atoms. The molecule has 3 N–H and O–H groups in total. The smallest absolute Gasteiger partial charge is 0.254 e. The van der Waals surface area contributed by atoms with E-state index in [1.165, 1.54) is 19.3 Å². The molecule has 1 aliphatic carbocycles. The summed E-state index contributed by atoms with van der Waals surface area (Å²) in [5.74, 6) is 1.34. The summed E-state index contributed by atoms with van der Waals surface area (Å²) in [4.78, 5) is 18.6. The molecule has 3 rings (SSSR count). The number of rotatable bonds is 5. The summed E-state index contributed by atoms with van der Waals surface area (Å²) in [7, 11) is 0. The minimum Gasteiger partial charge on any atom is -0.370 e. The molecule has 1 saturated carbocycles. The molecule has 0 saturated heterocycles. The number of guanidine groups is 1. The molecule has 5 heteroatoms. The molecule has 0 radical (unpaired) electrons. The zero-order valence-corrected chi connectivity index (χ0v) is 12.9. The molecule has 5 nitrogen and oxygen atoms in total. The second kappa shape index (κ2) is 6.81. The van der Waals surface area contributed by atoms with Crippen LogP contribution in [0.5, 0.6) is 0 Å². The lowest BCUT2D eigenvalue weighted by Crippen LogP contribution is -2.44. The van der Waals surface area contributed by atoms with Gasteiger partial charge in [0.15, 0.2) is 5.96 Å². The highest BCUT2D eigenvalue weighted by Crippen LogP contribution is 2.26. The van der Waals surface area contributed by atoms with Crippen LogP contribution in [0.1, 0.15) is 35.2 Å². The van der Waals surface area contributed by atoms with Crippen LogP contribution in [0.2, 0.25) is 0 Å². The number of nitrogens with two attached hydrogens (primary N) is 1. The summed E-state index contributed by atoms with van der Waals surface area (Å²) in [5.41, 5.74) is 7.85. The van der Waals surface area contributed by atoms with E-state index in [9.17, 15) is 4.79 Å². The molecular weight excluding hydrogens is 276 g/mol. The fourth-order valence-corrected chi connectivity index (χ4v) is 2.97. The molecule has 118 valence electrons. The van der Waals surface area contributed by atoms with Crippen molar-refractivity contribution in [2.45, 2.75) is 25.7 Å². The number of amides is 1. The third kappa shape index (κ3) is 3.40. The maximum absolute atomic E-state index is 12.4. The van der Waals surface area contributed by atoms with Gasteiger partial charge >= 0.3 is 0 Å². The van der Waals surface area contributed by atoms with Gasteiger partial charge in [-0.2, -0.15) is 0 Å². The molecular formula is C17H24N4O. The van der Waals surface area contributed by atoms with Crippen molar-refractivity contribution >= 4 is 11.9 Å². The minimum atomic E-state index is 0.119. The van der Waals surface area contributed by atoms with Gasteiger partial charge in [0.05, 0.1) is 0 Å². The number of hydrogen-bond donors (Lipinski definition) is 2. The van der Waals surface area contributed by atoms with E-state index < -0.39 is 0 Å². The molecule has 0 atom stereocenters. The molecule has 1 fully saturated rings. The highest BCUT2D eigenvalue weighted by Gasteiger charge is 2.23. The zero-order chi connectivity index (χ0) is 15.4. The molecule has 0 bridgehead atoms. The number of hydrogen-bond acceptors (Lipinski definition) is 2. The van der Waals surface area contributed by atoms with E-state index in [0.717, 1.165) is 36.6 Å². The fourth-order valence-electron chi connectivity index (χ4n) is 2.97. The quantitative estimate of drug-likeness (QED) is 0.637. The molecule has 0 unspecified atom stereocenters. The first-order valence-electron chi connectivity index (χ1n) is 8.15. The Morgan fingerprint density at radius 2 is 2.18 bits per heavy atom. The fraction of sp³-hybridized carbons (Fsp3) is 0.529. The van der Waals surface area contributed by atoms with Crippen LogP contribution in [0, 0.1) is 5.92 Å². The molecule has 0 aromatic heterocycles. The average molecular weight is 300 g/mol. The Bertz CT molecular complexity index is 566. The summed E-state index contributed by atoms with van der Waals surface area (Å²) >= 11 is 0. The van der Waals surface area contributed by atoms with Crippen LogP contribution in [0.15, 0.2) is 29.3 Å². The molecule has 1 aliphatic heterocycles. The first kappa shape index (κ1) is 14.9. The van der Waals surface area contributed by atoms with Gasteiger partial charge in [0.1, 0.15) is 0 Å². The maximum atomic E-state index is 12.4. The van der Waals surface area contributed by atoms with Gasteiger partial charge in [-0.05, 0) is 36.8 Å². The SMILES string of the molecule is NC(=NCC1CCC1)NCCN1CCc2ccccc2C1=O. The molecule has 1 amide bonds.